The highest BCUT2D eigenvalue weighted by Crippen LogP contribution is 2.28. The van der Waals surface area contributed by atoms with E-state index in [4.69, 9.17) is 0 Å². The van der Waals surface area contributed by atoms with Gasteiger partial charge in [0.25, 0.3) is 0 Å². The molecule has 0 aromatic carbocycles. The van der Waals surface area contributed by atoms with Crippen LogP contribution in [0, 0.1) is 0 Å². The van der Waals surface area contributed by atoms with Gasteiger partial charge in [0.05, 0.1) is 0 Å². The minimum absolute atomic E-state index is 0.487. The zero-order valence-corrected chi connectivity index (χ0v) is 9.02. The number of aromatic nitrogens is 2. The first-order chi connectivity index (χ1) is 5.25. The van der Waals surface area contributed by atoms with Gasteiger partial charge in [-0.25, -0.2) is 0 Å². The van der Waals surface area contributed by atoms with Gasteiger partial charge in [0, 0.05) is 10.7 Å². The molecule has 2 unspecified atom stereocenters. The average molecular weight is 235 g/mol. The number of halogens is 1. The van der Waals surface area contributed by atoms with Crippen LogP contribution in [0.2, 0.25) is 0 Å². The van der Waals surface area contributed by atoms with E-state index in [9.17, 15) is 0 Å². The van der Waals surface area contributed by atoms with Crippen LogP contribution in [0.25, 0.3) is 0 Å². The van der Waals surface area contributed by atoms with Gasteiger partial charge >= 0.3 is 0 Å². The number of hydrogen-bond donors (Lipinski definition) is 0. The molecule has 0 saturated heterocycles. The highest BCUT2D eigenvalue weighted by molar-refractivity contribution is 9.09. The van der Waals surface area contributed by atoms with Crippen molar-refractivity contribution in [2.45, 2.75) is 31.0 Å². The Morgan fingerprint density at radius 1 is 1.73 bits per heavy atom. The van der Waals surface area contributed by atoms with Crippen molar-refractivity contribution in [2.75, 3.05) is 0 Å². The summed E-state index contributed by atoms with van der Waals surface area (Å²) in [5, 5.41) is 9.00. The average Bonchev–Trinajstić information content (AvgIpc) is 2.40. The summed E-state index contributed by atoms with van der Waals surface area (Å²) < 4.78 is 0. The summed E-state index contributed by atoms with van der Waals surface area (Å²) in [6.45, 7) is 4.32. The second-order valence-electron chi connectivity index (χ2n) is 2.47. The van der Waals surface area contributed by atoms with Gasteiger partial charge in [-0.2, -0.15) is 0 Å². The monoisotopic (exact) mass is 234 g/mol. The molecule has 0 spiro atoms. The smallest absolute Gasteiger partial charge is 0.121 e. The maximum atomic E-state index is 4.05. The Bertz CT molecular complexity index is 198. The lowest BCUT2D eigenvalue weighted by Crippen LogP contribution is -2.07. The van der Waals surface area contributed by atoms with Crippen LogP contribution in [0.1, 0.15) is 31.2 Å². The van der Waals surface area contributed by atoms with E-state index in [-0.39, 0.29) is 0 Å². The van der Waals surface area contributed by atoms with Gasteiger partial charge < -0.3 is 0 Å². The zero-order valence-electron chi connectivity index (χ0n) is 6.62. The molecule has 62 valence electrons. The number of nitrogens with zero attached hydrogens (tertiary/aromatic N) is 2. The van der Waals surface area contributed by atoms with Crippen molar-refractivity contribution in [1.82, 2.24) is 10.2 Å². The fourth-order valence-corrected chi connectivity index (χ4v) is 2.68. The Morgan fingerprint density at radius 2 is 2.45 bits per heavy atom. The fourth-order valence-electron chi connectivity index (χ4n) is 1.04. The summed E-state index contributed by atoms with van der Waals surface area (Å²) in [6, 6.07) is 0. The van der Waals surface area contributed by atoms with Gasteiger partial charge in [-0.3, -0.25) is 0 Å². The number of hydrogen-bond acceptors (Lipinski definition) is 3. The molecule has 4 heteroatoms. The van der Waals surface area contributed by atoms with Crippen molar-refractivity contribution < 1.29 is 0 Å². The van der Waals surface area contributed by atoms with Gasteiger partial charge in [-0.1, -0.05) is 29.8 Å². The van der Waals surface area contributed by atoms with Crippen LogP contribution in [0.4, 0.5) is 0 Å². The topological polar surface area (TPSA) is 25.8 Å². The molecular weight excluding hydrogens is 224 g/mol. The van der Waals surface area contributed by atoms with E-state index >= 15 is 0 Å². The maximum Gasteiger partial charge on any atom is 0.121 e. The molecule has 0 saturated carbocycles. The Labute approximate surface area is 79.2 Å². The van der Waals surface area contributed by atoms with E-state index in [2.05, 4.69) is 40.0 Å². The lowest BCUT2D eigenvalue weighted by molar-refractivity contribution is 0.650. The summed E-state index contributed by atoms with van der Waals surface area (Å²) in [7, 11) is 0. The van der Waals surface area contributed by atoms with Crippen LogP contribution >= 0.6 is 27.3 Å². The molecule has 0 bridgehead atoms. The summed E-state index contributed by atoms with van der Waals surface area (Å²) in [6.07, 6.45) is 1.11. The first-order valence-electron chi connectivity index (χ1n) is 3.65. The maximum absolute atomic E-state index is 4.05. The molecule has 1 rings (SSSR count). The van der Waals surface area contributed by atoms with Gasteiger partial charge in [0.2, 0.25) is 0 Å². The lowest BCUT2D eigenvalue weighted by Gasteiger charge is -2.12. The normalized spacial score (nSPS) is 16.3. The molecule has 0 aliphatic rings. The summed E-state index contributed by atoms with van der Waals surface area (Å²) >= 11 is 5.19. The Hall–Kier alpha value is 0.0400. The lowest BCUT2D eigenvalue weighted by atomic mass is 10.1. The summed E-state index contributed by atoms with van der Waals surface area (Å²) in [5.41, 5.74) is 1.79. The third-order valence-electron chi connectivity index (χ3n) is 1.69. The van der Waals surface area contributed by atoms with Crippen LogP contribution in [0.5, 0.6) is 0 Å². The van der Waals surface area contributed by atoms with Gasteiger partial charge in [0.1, 0.15) is 10.5 Å². The first-order valence-corrected chi connectivity index (χ1v) is 5.45. The number of alkyl halides is 1. The molecule has 1 aromatic rings. The van der Waals surface area contributed by atoms with Crippen LogP contribution < -0.4 is 0 Å². The van der Waals surface area contributed by atoms with E-state index in [1.165, 1.54) is 0 Å². The first kappa shape index (κ1) is 9.13. The molecule has 0 aliphatic carbocycles. The van der Waals surface area contributed by atoms with Gasteiger partial charge in [-0.05, 0) is 6.42 Å². The number of rotatable bonds is 3. The van der Waals surface area contributed by atoms with Crippen molar-refractivity contribution in [3.63, 3.8) is 0 Å². The quantitative estimate of drug-likeness (QED) is 0.753. The highest BCUT2D eigenvalue weighted by Gasteiger charge is 2.17. The van der Waals surface area contributed by atoms with Gasteiger partial charge in [-0.15, -0.1) is 21.5 Å². The second-order valence-corrected chi connectivity index (χ2v) is 4.78. The van der Waals surface area contributed by atoms with Crippen LogP contribution in [-0.2, 0) is 0 Å². The van der Waals surface area contributed by atoms with E-state index in [1.807, 2.05) is 0 Å². The molecule has 0 N–H and O–H groups in total. The molecule has 11 heavy (non-hydrogen) atoms. The Balaban J connectivity index is 2.71. The Kier molecular flexibility index (Phi) is 3.45. The van der Waals surface area contributed by atoms with Crippen molar-refractivity contribution in [3.05, 3.63) is 10.5 Å². The minimum atomic E-state index is 0.487. The minimum Gasteiger partial charge on any atom is -0.147 e. The molecule has 2 atom stereocenters. The van der Waals surface area contributed by atoms with Crippen LogP contribution in [0.15, 0.2) is 5.51 Å². The molecule has 0 aliphatic heterocycles. The van der Waals surface area contributed by atoms with E-state index < -0.39 is 0 Å². The fraction of sp³-hybridized carbons (Fsp3) is 0.714. The molecular formula is C7H11BrN2S. The van der Waals surface area contributed by atoms with Crippen molar-refractivity contribution >= 4 is 27.3 Å². The predicted molar refractivity (Wildman–Crippen MR) is 51.3 cm³/mol. The second kappa shape index (κ2) is 4.16. The Morgan fingerprint density at radius 3 is 2.82 bits per heavy atom. The zero-order chi connectivity index (χ0) is 8.27. The van der Waals surface area contributed by atoms with Crippen molar-refractivity contribution in [3.8, 4) is 0 Å². The van der Waals surface area contributed by atoms with E-state index in [1.54, 1.807) is 16.8 Å². The molecule has 1 heterocycles. The summed E-state index contributed by atoms with van der Waals surface area (Å²) in [5.74, 6) is 0.516. The largest absolute Gasteiger partial charge is 0.147 e. The molecule has 1 aromatic heterocycles. The standard InChI is InChI=1S/C7H11BrN2S/c1-3-6(5(2)8)7-10-9-4-11-7/h4-6H,3H2,1-2H3. The third kappa shape index (κ3) is 2.24. The van der Waals surface area contributed by atoms with Gasteiger partial charge in [0.15, 0.2) is 0 Å². The SMILES string of the molecule is CCC(c1nncs1)C(C)Br. The third-order valence-corrected chi connectivity index (χ3v) is 3.15. The molecule has 0 radical (unpaired) electrons. The summed E-state index contributed by atoms with van der Waals surface area (Å²) in [4.78, 5) is 0.487. The predicted octanol–water partition coefficient (Wildman–Crippen LogP) is 2.82. The molecule has 2 nitrogen and oxygen atoms in total. The molecule has 0 fully saturated rings. The van der Waals surface area contributed by atoms with E-state index in [0.29, 0.717) is 10.7 Å². The van der Waals surface area contributed by atoms with Crippen LogP contribution in [-0.4, -0.2) is 15.0 Å². The van der Waals surface area contributed by atoms with Crippen LogP contribution in [0.3, 0.4) is 0 Å². The van der Waals surface area contributed by atoms with Crippen molar-refractivity contribution in [1.29, 1.82) is 0 Å². The highest BCUT2D eigenvalue weighted by atomic mass is 79.9. The molecule has 0 amide bonds. The van der Waals surface area contributed by atoms with E-state index in [0.717, 1.165) is 11.4 Å². The van der Waals surface area contributed by atoms with Crippen molar-refractivity contribution in [2.24, 2.45) is 0 Å².